The smallest absolute Gasteiger partial charge is 0.336 e. The number of anilines is 1. The van der Waals surface area contributed by atoms with Crippen molar-refractivity contribution in [2.24, 2.45) is 0 Å². The summed E-state index contributed by atoms with van der Waals surface area (Å²) in [6.07, 6.45) is 0. The maximum atomic E-state index is 12.3. The normalized spacial score (nSPS) is 13.0. The molecule has 0 aliphatic carbocycles. The summed E-state index contributed by atoms with van der Waals surface area (Å²) in [6.45, 7) is 1.70. The lowest BCUT2D eigenvalue weighted by Gasteiger charge is -2.14. The summed E-state index contributed by atoms with van der Waals surface area (Å²) in [6, 6.07) is 8.88. The van der Waals surface area contributed by atoms with Crippen LogP contribution in [0.4, 0.5) is 5.69 Å². The fourth-order valence-electron chi connectivity index (χ4n) is 2.23. The van der Waals surface area contributed by atoms with Gasteiger partial charge in [0, 0.05) is 9.37 Å². The van der Waals surface area contributed by atoms with Crippen LogP contribution >= 0.6 is 27.7 Å². The molecule has 1 aliphatic heterocycles. The van der Waals surface area contributed by atoms with Crippen molar-refractivity contribution in [3.05, 3.63) is 51.5 Å². The molecule has 0 aromatic heterocycles. The molecule has 1 aliphatic rings. The first-order valence-electron chi connectivity index (χ1n) is 6.13. The van der Waals surface area contributed by atoms with Crippen LogP contribution < -0.4 is 5.32 Å². The van der Waals surface area contributed by atoms with Crippen LogP contribution in [0.15, 0.2) is 44.6 Å². The van der Waals surface area contributed by atoms with E-state index in [0.29, 0.717) is 21.3 Å². The number of aromatic carboxylic acids is 1. The average Bonchev–Trinajstić information content (AvgIpc) is 2.60. The van der Waals surface area contributed by atoms with E-state index >= 15 is 0 Å². The van der Waals surface area contributed by atoms with E-state index in [1.54, 1.807) is 25.1 Å². The van der Waals surface area contributed by atoms with E-state index in [1.807, 2.05) is 12.1 Å². The molecule has 0 atom stereocenters. The number of carboxylic acids is 1. The standard InChI is InChI=1S/C15H10BrNO3S/c1-7-9(15(19)20)6-10(16)13-12(7)17-14(18)8-4-2-3-5-11(8)21-13/h2-6H,1H3,(H,17,18)(H,19,20). The summed E-state index contributed by atoms with van der Waals surface area (Å²) >= 11 is 4.85. The van der Waals surface area contributed by atoms with Gasteiger partial charge in [0.1, 0.15) is 0 Å². The van der Waals surface area contributed by atoms with E-state index in [-0.39, 0.29) is 11.5 Å². The van der Waals surface area contributed by atoms with Gasteiger partial charge in [-0.05, 0) is 46.6 Å². The third-order valence-corrected chi connectivity index (χ3v) is 5.40. The molecular formula is C15H10BrNO3S. The van der Waals surface area contributed by atoms with Crippen molar-refractivity contribution in [1.29, 1.82) is 0 Å². The van der Waals surface area contributed by atoms with Gasteiger partial charge in [-0.3, -0.25) is 4.79 Å². The number of amides is 1. The van der Waals surface area contributed by atoms with Crippen molar-refractivity contribution in [2.45, 2.75) is 16.7 Å². The SMILES string of the molecule is Cc1c(C(=O)O)cc(Br)c2c1NC(=O)c1ccccc1S2. The molecule has 106 valence electrons. The van der Waals surface area contributed by atoms with Gasteiger partial charge >= 0.3 is 5.97 Å². The topological polar surface area (TPSA) is 66.4 Å². The number of rotatable bonds is 1. The summed E-state index contributed by atoms with van der Waals surface area (Å²) in [5.41, 5.74) is 1.86. The molecule has 2 N–H and O–H groups in total. The third kappa shape index (κ3) is 2.34. The number of benzene rings is 2. The van der Waals surface area contributed by atoms with Crippen molar-refractivity contribution in [3.8, 4) is 0 Å². The molecule has 1 amide bonds. The molecule has 0 radical (unpaired) electrons. The Bertz CT molecular complexity index is 789. The third-order valence-electron chi connectivity index (χ3n) is 3.31. The number of carboxylic acid groups (broad SMARTS) is 1. The molecule has 0 spiro atoms. The summed E-state index contributed by atoms with van der Waals surface area (Å²) in [5, 5.41) is 12.1. The number of hydrogen-bond acceptors (Lipinski definition) is 3. The van der Waals surface area contributed by atoms with Crippen LogP contribution in [-0.4, -0.2) is 17.0 Å². The average molecular weight is 364 g/mol. The molecule has 0 bridgehead atoms. The summed E-state index contributed by atoms with van der Waals surface area (Å²) in [7, 11) is 0. The molecule has 1 heterocycles. The fraction of sp³-hybridized carbons (Fsp3) is 0.0667. The second-order valence-electron chi connectivity index (χ2n) is 4.59. The van der Waals surface area contributed by atoms with Crippen LogP contribution in [0.1, 0.15) is 26.3 Å². The lowest BCUT2D eigenvalue weighted by molar-refractivity contribution is 0.0695. The zero-order valence-electron chi connectivity index (χ0n) is 10.9. The highest BCUT2D eigenvalue weighted by Crippen LogP contribution is 2.45. The minimum atomic E-state index is -1.02. The Balaban J connectivity index is 2.26. The van der Waals surface area contributed by atoms with E-state index in [2.05, 4.69) is 21.2 Å². The molecule has 0 saturated carbocycles. The first-order chi connectivity index (χ1) is 9.99. The minimum Gasteiger partial charge on any atom is -0.478 e. The van der Waals surface area contributed by atoms with Gasteiger partial charge in [-0.25, -0.2) is 4.79 Å². The molecular weight excluding hydrogens is 354 g/mol. The molecule has 2 aromatic carbocycles. The van der Waals surface area contributed by atoms with Gasteiger partial charge in [0.05, 0.1) is 21.7 Å². The van der Waals surface area contributed by atoms with Gasteiger partial charge in [0.25, 0.3) is 5.91 Å². The highest BCUT2D eigenvalue weighted by molar-refractivity contribution is 9.10. The first-order valence-corrected chi connectivity index (χ1v) is 7.74. The van der Waals surface area contributed by atoms with Gasteiger partial charge in [0.15, 0.2) is 0 Å². The molecule has 21 heavy (non-hydrogen) atoms. The van der Waals surface area contributed by atoms with Crippen molar-refractivity contribution in [2.75, 3.05) is 5.32 Å². The van der Waals surface area contributed by atoms with Crippen LogP contribution in [-0.2, 0) is 0 Å². The van der Waals surface area contributed by atoms with Gasteiger partial charge in [-0.2, -0.15) is 0 Å². The zero-order chi connectivity index (χ0) is 15.1. The van der Waals surface area contributed by atoms with Crippen LogP contribution in [0.25, 0.3) is 0 Å². The first kappa shape index (κ1) is 14.2. The number of hydrogen-bond donors (Lipinski definition) is 2. The monoisotopic (exact) mass is 363 g/mol. The lowest BCUT2D eigenvalue weighted by Crippen LogP contribution is -2.14. The Morgan fingerprint density at radius 3 is 2.76 bits per heavy atom. The van der Waals surface area contributed by atoms with Crippen LogP contribution in [0.2, 0.25) is 0 Å². The highest BCUT2D eigenvalue weighted by Gasteiger charge is 2.25. The predicted molar refractivity (Wildman–Crippen MR) is 84.4 cm³/mol. The zero-order valence-corrected chi connectivity index (χ0v) is 13.3. The largest absolute Gasteiger partial charge is 0.478 e. The molecule has 0 unspecified atom stereocenters. The maximum absolute atomic E-state index is 12.3. The van der Waals surface area contributed by atoms with Crippen molar-refractivity contribution < 1.29 is 14.7 Å². The Labute approximate surface area is 133 Å². The summed E-state index contributed by atoms with van der Waals surface area (Å²) < 4.78 is 0.655. The summed E-state index contributed by atoms with van der Waals surface area (Å²) in [5.74, 6) is -1.24. The second-order valence-corrected chi connectivity index (χ2v) is 6.50. The number of carbonyl (C=O) groups is 2. The predicted octanol–water partition coefficient (Wildman–Crippen LogP) is 4.17. The fourth-order valence-corrected chi connectivity index (χ4v) is 4.00. The molecule has 4 nitrogen and oxygen atoms in total. The van der Waals surface area contributed by atoms with E-state index in [1.165, 1.54) is 11.8 Å². The van der Waals surface area contributed by atoms with E-state index < -0.39 is 5.97 Å². The quantitative estimate of drug-likeness (QED) is 0.797. The van der Waals surface area contributed by atoms with Crippen LogP contribution in [0, 0.1) is 6.92 Å². The second kappa shape index (κ2) is 5.20. The minimum absolute atomic E-state index is 0.174. The van der Waals surface area contributed by atoms with Crippen molar-refractivity contribution >= 4 is 45.3 Å². The Morgan fingerprint density at radius 1 is 1.33 bits per heavy atom. The van der Waals surface area contributed by atoms with E-state index in [4.69, 9.17) is 0 Å². The van der Waals surface area contributed by atoms with Gasteiger partial charge in [-0.15, -0.1) is 0 Å². The molecule has 0 fully saturated rings. The van der Waals surface area contributed by atoms with Gasteiger partial charge in [0.2, 0.25) is 0 Å². The van der Waals surface area contributed by atoms with Crippen molar-refractivity contribution in [1.82, 2.24) is 0 Å². The number of carbonyl (C=O) groups excluding carboxylic acids is 1. The number of nitrogens with one attached hydrogen (secondary N) is 1. The lowest BCUT2D eigenvalue weighted by atomic mass is 10.1. The summed E-state index contributed by atoms with van der Waals surface area (Å²) in [4.78, 5) is 25.3. The van der Waals surface area contributed by atoms with Gasteiger partial charge in [-0.1, -0.05) is 23.9 Å². The van der Waals surface area contributed by atoms with Gasteiger partial charge < -0.3 is 10.4 Å². The Hall–Kier alpha value is -1.79. The maximum Gasteiger partial charge on any atom is 0.336 e. The van der Waals surface area contributed by atoms with Crippen LogP contribution in [0.5, 0.6) is 0 Å². The highest BCUT2D eigenvalue weighted by atomic mass is 79.9. The Morgan fingerprint density at radius 2 is 2.05 bits per heavy atom. The molecule has 6 heteroatoms. The molecule has 0 saturated heterocycles. The van der Waals surface area contributed by atoms with Crippen molar-refractivity contribution in [3.63, 3.8) is 0 Å². The molecule has 2 aromatic rings. The van der Waals surface area contributed by atoms with E-state index in [0.717, 1.165) is 9.79 Å². The molecule has 3 rings (SSSR count). The van der Waals surface area contributed by atoms with E-state index in [9.17, 15) is 14.7 Å². The Kier molecular flexibility index (Phi) is 3.51. The number of fused-ring (bicyclic) bond motifs is 2. The van der Waals surface area contributed by atoms with Crippen LogP contribution in [0.3, 0.4) is 0 Å². The number of halogens is 1.